The van der Waals surface area contributed by atoms with E-state index in [2.05, 4.69) is 42.9 Å². The van der Waals surface area contributed by atoms with Crippen molar-refractivity contribution in [3.63, 3.8) is 0 Å². The van der Waals surface area contributed by atoms with Gasteiger partial charge in [-0.05, 0) is 79.5 Å². The Hall–Kier alpha value is -2.91. The van der Waals surface area contributed by atoms with Gasteiger partial charge in [0.25, 0.3) is 0 Å². The number of rotatable bonds is 6. The van der Waals surface area contributed by atoms with E-state index in [-0.39, 0.29) is 12.1 Å². The summed E-state index contributed by atoms with van der Waals surface area (Å²) in [6.07, 6.45) is 13.8. The number of sulfonamides is 1. The molecule has 0 spiro atoms. The number of thiocarbonyl (C=S) groups is 1. The van der Waals surface area contributed by atoms with Crippen LogP contribution in [0, 0.1) is 6.92 Å². The minimum Gasteiger partial charge on any atom is -0.351 e. The van der Waals surface area contributed by atoms with Gasteiger partial charge < -0.3 is 14.8 Å². The zero-order chi connectivity index (χ0) is 24.6. The predicted molar refractivity (Wildman–Crippen MR) is 144 cm³/mol. The highest BCUT2D eigenvalue weighted by molar-refractivity contribution is 7.92. The Morgan fingerprint density at radius 3 is 2.60 bits per heavy atom. The van der Waals surface area contributed by atoms with Crippen molar-refractivity contribution in [2.24, 2.45) is 0 Å². The number of pyridine rings is 1. The van der Waals surface area contributed by atoms with E-state index in [1.54, 1.807) is 6.07 Å². The number of benzene rings is 1. The van der Waals surface area contributed by atoms with Crippen LogP contribution in [0.15, 0.2) is 61.1 Å². The molecule has 0 radical (unpaired) electrons. The summed E-state index contributed by atoms with van der Waals surface area (Å²) in [4.78, 5) is 6.77. The number of nitrogens with one attached hydrogen (secondary N) is 2. The van der Waals surface area contributed by atoms with Crippen molar-refractivity contribution in [3.8, 4) is 0 Å². The van der Waals surface area contributed by atoms with Gasteiger partial charge in [-0.2, -0.15) is 0 Å². The Morgan fingerprint density at radius 2 is 1.91 bits per heavy atom. The number of anilines is 2. The molecular weight excluding hydrogens is 478 g/mol. The number of nitrogens with zero attached hydrogens (tertiary/aromatic N) is 3. The molecule has 1 aliphatic carbocycles. The number of aromatic nitrogens is 2. The highest BCUT2D eigenvalue weighted by Crippen LogP contribution is 2.43. The summed E-state index contributed by atoms with van der Waals surface area (Å²) >= 11 is 5.84. The summed E-state index contributed by atoms with van der Waals surface area (Å²) in [6, 6.07) is 14.2. The third-order valence-electron chi connectivity index (χ3n) is 6.96. The Balaban J connectivity index is 1.54. The van der Waals surface area contributed by atoms with Crippen molar-refractivity contribution in [2.45, 2.75) is 57.2 Å². The maximum Gasteiger partial charge on any atom is 0.229 e. The van der Waals surface area contributed by atoms with Gasteiger partial charge in [-0.15, -0.1) is 0 Å². The molecule has 2 aliphatic rings. The second-order valence-electron chi connectivity index (χ2n) is 9.55. The van der Waals surface area contributed by atoms with Crippen LogP contribution >= 0.6 is 12.2 Å². The van der Waals surface area contributed by atoms with Gasteiger partial charge in [0, 0.05) is 30.3 Å². The van der Waals surface area contributed by atoms with Crippen molar-refractivity contribution in [3.05, 3.63) is 77.9 Å². The highest BCUT2D eigenvalue weighted by atomic mass is 32.2. The summed E-state index contributed by atoms with van der Waals surface area (Å²) in [5.41, 5.74) is 4.41. The monoisotopic (exact) mass is 509 g/mol. The lowest BCUT2D eigenvalue weighted by molar-refractivity contribution is 0.353. The minimum absolute atomic E-state index is 0.0876. The Morgan fingerprint density at radius 1 is 1.11 bits per heavy atom. The molecule has 2 fully saturated rings. The molecule has 3 aromatic rings. The lowest BCUT2D eigenvalue weighted by atomic mass is 9.95. The normalized spacial score (nSPS) is 21.2. The zero-order valence-corrected chi connectivity index (χ0v) is 21.6. The maximum atomic E-state index is 11.8. The Labute approximate surface area is 212 Å². The van der Waals surface area contributed by atoms with Crippen LogP contribution in [-0.2, 0) is 10.0 Å². The standard InChI is InChI=1S/C26H31N5O2S2/c1-18-16-21(11-12-22(18)29-35(2,32)33)31-25(24(28-26(31)34)23-10-6-7-14-27-23)19-13-15-30(17-19)20-8-4-3-5-9-20/h6-7,10-17,20,24-25,29H,3-5,8-9H2,1-2H3,(H,28,34)/t24-,25-/m1/s1. The van der Waals surface area contributed by atoms with Gasteiger partial charge in [-0.1, -0.05) is 25.3 Å². The SMILES string of the molecule is Cc1cc(N2C(=S)N[C@H](c3ccccn3)[C@H]2c2ccn(C3CCCCC3)c2)ccc1NS(C)(=O)=O. The Kier molecular flexibility index (Phi) is 6.55. The lowest BCUT2D eigenvalue weighted by Gasteiger charge is -2.28. The summed E-state index contributed by atoms with van der Waals surface area (Å²) < 4.78 is 28.5. The van der Waals surface area contributed by atoms with Gasteiger partial charge >= 0.3 is 0 Å². The van der Waals surface area contributed by atoms with E-state index in [1.165, 1.54) is 37.7 Å². The molecule has 0 bridgehead atoms. The van der Waals surface area contributed by atoms with Crippen LogP contribution in [0.4, 0.5) is 11.4 Å². The molecule has 0 amide bonds. The summed E-state index contributed by atoms with van der Waals surface area (Å²) in [7, 11) is -3.36. The van der Waals surface area contributed by atoms with Gasteiger partial charge in [0.1, 0.15) is 0 Å². The van der Waals surface area contributed by atoms with Crippen LogP contribution in [0.3, 0.4) is 0 Å². The first-order valence-electron chi connectivity index (χ1n) is 12.1. The van der Waals surface area contributed by atoms with Crippen LogP contribution in [0.5, 0.6) is 0 Å². The molecule has 2 aromatic heterocycles. The van der Waals surface area contributed by atoms with Crippen LogP contribution in [0.2, 0.25) is 0 Å². The first kappa shape index (κ1) is 23.8. The first-order chi connectivity index (χ1) is 16.8. The van der Waals surface area contributed by atoms with Crippen LogP contribution < -0.4 is 14.9 Å². The van der Waals surface area contributed by atoms with Crippen LogP contribution in [-0.4, -0.2) is 29.3 Å². The lowest BCUT2D eigenvalue weighted by Crippen LogP contribution is -2.29. The van der Waals surface area contributed by atoms with Gasteiger partial charge in [-0.25, -0.2) is 8.42 Å². The predicted octanol–water partition coefficient (Wildman–Crippen LogP) is 5.25. The second kappa shape index (κ2) is 9.62. The van der Waals surface area contributed by atoms with Crippen molar-refractivity contribution in [1.29, 1.82) is 0 Å². The molecule has 2 N–H and O–H groups in total. The average Bonchev–Trinajstić information content (AvgIpc) is 3.45. The Bertz CT molecular complexity index is 1320. The van der Waals surface area contributed by atoms with Crippen LogP contribution in [0.1, 0.15) is 67.1 Å². The molecule has 5 rings (SSSR count). The molecular formula is C26H31N5O2S2. The maximum absolute atomic E-state index is 11.8. The third kappa shape index (κ3) is 5.06. The fraction of sp³-hybridized carbons (Fsp3) is 0.385. The van der Waals surface area contributed by atoms with Gasteiger partial charge in [0.05, 0.1) is 29.7 Å². The molecule has 2 atom stereocenters. The van der Waals surface area contributed by atoms with E-state index in [0.29, 0.717) is 16.8 Å². The fourth-order valence-electron chi connectivity index (χ4n) is 5.30. The molecule has 9 heteroatoms. The van der Waals surface area contributed by atoms with E-state index in [4.69, 9.17) is 12.2 Å². The summed E-state index contributed by atoms with van der Waals surface area (Å²) in [5.74, 6) is 0. The fourth-order valence-corrected chi connectivity index (χ4v) is 6.27. The highest BCUT2D eigenvalue weighted by Gasteiger charge is 2.41. The zero-order valence-electron chi connectivity index (χ0n) is 20.0. The number of aryl methyl sites for hydroxylation is 1. The van der Waals surface area contributed by atoms with Gasteiger partial charge in [-0.3, -0.25) is 9.71 Å². The molecule has 7 nitrogen and oxygen atoms in total. The summed E-state index contributed by atoms with van der Waals surface area (Å²) in [6.45, 7) is 1.90. The topological polar surface area (TPSA) is 79.3 Å². The van der Waals surface area contributed by atoms with Crippen molar-refractivity contribution in [2.75, 3.05) is 15.9 Å². The average molecular weight is 510 g/mol. The quantitative estimate of drug-likeness (QED) is 0.442. The van der Waals surface area contributed by atoms with Gasteiger partial charge in [0.2, 0.25) is 10.0 Å². The molecule has 3 heterocycles. The van der Waals surface area contributed by atoms with E-state index in [1.807, 2.05) is 43.5 Å². The molecule has 0 unspecified atom stereocenters. The molecule has 1 aliphatic heterocycles. The third-order valence-corrected chi connectivity index (χ3v) is 7.86. The van der Waals surface area contributed by atoms with Crippen molar-refractivity contribution in [1.82, 2.24) is 14.9 Å². The van der Waals surface area contributed by atoms with Crippen LogP contribution in [0.25, 0.3) is 0 Å². The molecule has 1 saturated carbocycles. The van der Waals surface area contributed by atoms with E-state index >= 15 is 0 Å². The van der Waals surface area contributed by atoms with E-state index < -0.39 is 10.0 Å². The molecule has 1 aromatic carbocycles. The largest absolute Gasteiger partial charge is 0.351 e. The minimum atomic E-state index is -3.36. The second-order valence-corrected chi connectivity index (χ2v) is 11.7. The molecule has 35 heavy (non-hydrogen) atoms. The van der Waals surface area contributed by atoms with Crippen molar-refractivity contribution >= 4 is 38.7 Å². The number of hydrogen-bond donors (Lipinski definition) is 2. The molecule has 1 saturated heterocycles. The summed E-state index contributed by atoms with van der Waals surface area (Å²) in [5, 5.41) is 4.13. The van der Waals surface area contributed by atoms with Crippen molar-refractivity contribution < 1.29 is 8.42 Å². The van der Waals surface area contributed by atoms with E-state index in [9.17, 15) is 8.42 Å². The van der Waals surface area contributed by atoms with E-state index in [0.717, 1.165) is 23.2 Å². The smallest absolute Gasteiger partial charge is 0.229 e. The van der Waals surface area contributed by atoms with Gasteiger partial charge in [0.15, 0.2) is 5.11 Å². The molecule has 184 valence electrons. The first-order valence-corrected chi connectivity index (χ1v) is 14.4. The number of hydrogen-bond acceptors (Lipinski definition) is 4.